The Morgan fingerprint density at radius 3 is 2.68 bits per heavy atom. The molecule has 2 aliphatic heterocycles. The molecule has 2 aliphatic rings. The SMILES string of the molecule is CC(C)Cc1nc(C(=O)N2CCC(C3OCCO3)CC2)cs1. The first-order valence-corrected chi connectivity index (χ1v) is 8.98. The molecule has 0 aliphatic carbocycles. The number of carbonyl (C=O) groups is 1. The van der Waals surface area contributed by atoms with E-state index in [0.29, 0.717) is 30.7 Å². The maximum Gasteiger partial charge on any atom is 0.273 e. The molecule has 1 aromatic rings. The highest BCUT2D eigenvalue weighted by Gasteiger charge is 2.32. The highest BCUT2D eigenvalue weighted by molar-refractivity contribution is 7.09. The highest BCUT2D eigenvalue weighted by atomic mass is 32.1. The average molecular weight is 324 g/mol. The molecule has 0 spiro atoms. The van der Waals surface area contributed by atoms with Crippen LogP contribution in [0.15, 0.2) is 5.38 Å². The Hall–Kier alpha value is -0.980. The van der Waals surface area contributed by atoms with Crippen LogP contribution in [0.2, 0.25) is 0 Å². The lowest BCUT2D eigenvalue weighted by atomic mass is 9.96. The number of thiazole rings is 1. The fraction of sp³-hybridized carbons (Fsp3) is 0.750. The minimum atomic E-state index is -0.0610. The van der Waals surface area contributed by atoms with Crippen LogP contribution in [0.3, 0.4) is 0 Å². The van der Waals surface area contributed by atoms with E-state index >= 15 is 0 Å². The molecule has 0 atom stereocenters. The first-order valence-electron chi connectivity index (χ1n) is 8.10. The van der Waals surface area contributed by atoms with Gasteiger partial charge in [-0.15, -0.1) is 11.3 Å². The summed E-state index contributed by atoms with van der Waals surface area (Å²) in [6.45, 7) is 7.26. The van der Waals surface area contributed by atoms with Crippen LogP contribution < -0.4 is 0 Å². The Bertz CT molecular complexity index is 503. The number of hydrogen-bond acceptors (Lipinski definition) is 5. The van der Waals surface area contributed by atoms with Crippen LogP contribution in [0.25, 0.3) is 0 Å². The standard InChI is InChI=1S/C16H24N2O3S/c1-11(2)9-14-17-13(10-22-14)15(19)18-5-3-12(4-6-18)16-20-7-8-21-16/h10-12,16H,3-9H2,1-2H3. The maximum absolute atomic E-state index is 12.5. The quantitative estimate of drug-likeness (QED) is 0.854. The Morgan fingerprint density at radius 1 is 1.36 bits per heavy atom. The van der Waals surface area contributed by atoms with E-state index in [1.807, 2.05) is 10.3 Å². The number of rotatable bonds is 4. The van der Waals surface area contributed by atoms with E-state index in [9.17, 15) is 4.79 Å². The van der Waals surface area contributed by atoms with Crippen LogP contribution in [0.4, 0.5) is 0 Å². The number of aromatic nitrogens is 1. The number of ether oxygens (including phenoxy) is 2. The minimum absolute atomic E-state index is 0.0610. The van der Waals surface area contributed by atoms with E-state index in [1.54, 1.807) is 11.3 Å². The van der Waals surface area contributed by atoms with Crippen LogP contribution in [0, 0.1) is 11.8 Å². The summed E-state index contributed by atoms with van der Waals surface area (Å²) in [6.07, 6.45) is 2.77. The first-order chi connectivity index (χ1) is 10.6. The molecular weight excluding hydrogens is 300 g/mol. The lowest BCUT2D eigenvalue weighted by molar-refractivity contribution is -0.0956. The molecule has 22 heavy (non-hydrogen) atoms. The number of carbonyl (C=O) groups excluding carboxylic acids is 1. The van der Waals surface area contributed by atoms with E-state index < -0.39 is 0 Å². The Morgan fingerprint density at radius 2 is 2.05 bits per heavy atom. The Labute approximate surface area is 135 Å². The van der Waals surface area contributed by atoms with Crippen LogP contribution >= 0.6 is 11.3 Å². The smallest absolute Gasteiger partial charge is 0.273 e. The Kier molecular flexibility index (Phi) is 5.10. The third-order valence-corrected chi connectivity index (χ3v) is 5.08. The summed E-state index contributed by atoms with van der Waals surface area (Å²) in [6, 6.07) is 0. The van der Waals surface area contributed by atoms with Crippen LogP contribution in [-0.4, -0.2) is 48.4 Å². The van der Waals surface area contributed by atoms with E-state index in [2.05, 4.69) is 18.8 Å². The maximum atomic E-state index is 12.5. The van der Waals surface area contributed by atoms with Crippen molar-refractivity contribution in [1.82, 2.24) is 9.88 Å². The summed E-state index contributed by atoms with van der Waals surface area (Å²) in [5, 5.41) is 2.95. The van der Waals surface area contributed by atoms with Gasteiger partial charge in [0, 0.05) is 30.8 Å². The average Bonchev–Trinajstić information content (AvgIpc) is 3.17. The number of nitrogens with zero attached hydrogens (tertiary/aromatic N) is 2. The van der Waals surface area contributed by atoms with E-state index in [0.717, 1.165) is 37.4 Å². The van der Waals surface area contributed by atoms with Crippen molar-refractivity contribution in [2.24, 2.45) is 11.8 Å². The zero-order chi connectivity index (χ0) is 15.5. The molecule has 0 unspecified atom stereocenters. The van der Waals surface area contributed by atoms with Crippen molar-refractivity contribution in [3.8, 4) is 0 Å². The predicted octanol–water partition coefficient (Wildman–Crippen LogP) is 2.57. The van der Waals surface area contributed by atoms with Crippen LogP contribution in [0.1, 0.15) is 42.2 Å². The van der Waals surface area contributed by atoms with Gasteiger partial charge in [0.25, 0.3) is 5.91 Å². The molecule has 2 saturated heterocycles. The van der Waals surface area contributed by atoms with Gasteiger partial charge >= 0.3 is 0 Å². The first kappa shape index (κ1) is 15.9. The van der Waals surface area contributed by atoms with Crippen molar-refractivity contribution in [2.45, 2.75) is 39.4 Å². The van der Waals surface area contributed by atoms with Crippen molar-refractivity contribution in [1.29, 1.82) is 0 Å². The molecule has 1 amide bonds. The van der Waals surface area contributed by atoms with E-state index in [4.69, 9.17) is 9.47 Å². The summed E-state index contributed by atoms with van der Waals surface area (Å²) >= 11 is 1.59. The zero-order valence-corrected chi connectivity index (χ0v) is 14.1. The van der Waals surface area contributed by atoms with Gasteiger partial charge in [-0.1, -0.05) is 13.8 Å². The normalized spacial score (nSPS) is 21.0. The van der Waals surface area contributed by atoms with Gasteiger partial charge in [0.1, 0.15) is 5.69 Å². The van der Waals surface area contributed by atoms with Gasteiger partial charge in [0.15, 0.2) is 6.29 Å². The zero-order valence-electron chi connectivity index (χ0n) is 13.3. The molecule has 0 N–H and O–H groups in total. The van der Waals surface area contributed by atoms with Gasteiger partial charge in [0.2, 0.25) is 0 Å². The van der Waals surface area contributed by atoms with Crippen molar-refractivity contribution in [2.75, 3.05) is 26.3 Å². The molecule has 0 saturated carbocycles. The minimum Gasteiger partial charge on any atom is -0.350 e. The van der Waals surface area contributed by atoms with Gasteiger partial charge in [0.05, 0.1) is 18.2 Å². The second-order valence-corrected chi connectivity index (χ2v) is 7.41. The molecular formula is C16H24N2O3S. The van der Waals surface area contributed by atoms with Gasteiger partial charge in [-0.2, -0.15) is 0 Å². The molecule has 3 heterocycles. The van der Waals surface area contributed by atoms with E-state index in [1.165, 1.54) is 0 Å². The topological polar surface area (TPSA) is 51.7 Å². The lowest BCUT2D eigenvalue weighted by Crippen LogP contribution is -2.41. The van der Waals surface area contributed by atoms with Gasteiger partial charge < -0.3 is 14.4 Å². The second kappa shape index (κ2) is 7.06. The molecule has 1 aromatic heterocycles. The summed E-state index contributed by atoms with van der Waals surface area (Å²) in [5.74, 6) is 1.05. The molecule has 3 rings (SSSR count). The predicted molar refractivity (Wildman–Crippen MR) is 85.0 cm³/mol. The largest absolute Gasteiger partial charge is 0.350 e. The molecule has 2 fully saturated rings. The molecule has 0 radical (unpaired) electrons. The number of piperidine rings is 1. The summed E-state index contributed by atoms with van der Waals surface area (Å²) in [7, 11) is 0. The third kappa shape index (κ3) is 3.67. The van der Waals surface area contributed by atoms with Gasteiger partial charge in [-0.3, -0.25) is 4.79 Å². The Balaban J connectivity index is 1.54. The molecule has 122 valence electrons. The van der Waals surface area contributed by atoms with Gasteiger partial charge in [-0.25, -0.2) is 4.98 Å². The molecule has 0 bridgehead atoms. The second-order valence-electron chi connectivity index (χ2n) is 6.46. The summed E-state index contributed by atoms with van der Waals surface area (Å²) < 4.78 is 11.2. The molecule has 6 heteroatoms. The van der Waals surface area contributed by atoms with Crippen LogP contribution in [0.5, 0.6) is 0 Å². The fourth-order valence-electron chi connectivity index (χ4n) is 3.04. The molecule has 0 aromatic carbocycles. The van der Waals surface area contributed by atoms with Crippen molar-refractivity contribution in [3.63, 3.8) is 0 Å². The van der Waals surface area contributed by atoms with Crippen molar-refractivity contribution in [3.05, 3.63) is 16.1 Å². The lowest BCUT2D eigenvalue weighted by Gasteiger charge is -2.33. The van der Waals surface area contributed by atoms with Crippen LogP contribution in [-0.2, 0) is 15.9 Å². The van der Waals surface area contributed by atoms with Gasteiger partial charge in [-0.05, 0) is 18.8 Å². The molecule has 5 nitrogen and oxygen atoms in total. The number of hydrogen-bond donors (Lipinski definition) is 0. The summed E-state index contributed by atoms with van der Waals surface area (Å²) in [4.78, 5) is 19.0. The third-order valence-electron chi connectivity index (χ3n) is 4.21. The van der Waals surface area contributed by atoms with Crippen molar-refractivity contribution >= 4 is 17.2 Å². The van der Waals surface area contributed by atoms with E-state index in [-0.39, 0.29) is 12.2 Å². The number of amides is 1. The highest BCUT2D eigenvalue weighted by Crippen LogP contribution is 2.26. The monoisotopic (exact) mass is 324 g/mol. The number of likely N-dealkylation sites (tertiary alicyclic amines) is 1. The van der Waals surface area contributed by atoms with Crippen molar-refractivity contribution < 1.29 is 14.3 Å². The fourth-order valence-corrected chi connectivity index (χ4v) is 4.02. The summed E-state index contributed by atoms with van der Waals surface area (Å²) in [5.41, 5.74) is 0.604.